The molecule has 1 aliphatic rings. The quantitative estimate of drug-likeness (QED) is 0.649. The molecule has 0 N–H and O–H groups in total. The molecule has 0 fully saturated rings. The number of hydrogen-bond donors (Lipinski definition) is 0. The van der Waals surface area contributed by atoms with Crippen LogP contribution < -0.4 is 0 Å². The van der Waals surface area contributed by atoms with E-state index in [1.54, 1.807) is 35.6 Å². The predicted octanol–water partition coefficient (Wildman–Crippen LogP) is 3.59. The number of benzene rings is 2. The predicted molar refractivity (Wildman–Crippen MR) is 102 cm³/mol. The molecule has 2 amide bonds. The van der Waals surface area contributed by atoms with Crippen LogP contribution in [0, 0.1) is 0 Å². The lowest BCUT2D eigenvalue weighted by Gasteiger charge is -2.25. The first-order chi connectivity index (χ1) is 12.6. The molecule has 0 bridgehead atoms. The fraction of sp³-hybridized carbons (Fsp3) is 0.250. The van der Waals surface area contributed by atoms with E-state index in [4.69, 9.17) is 4.98 Å². The molecular weight excluding hydrogens is 346 g/mol. The lowest BCUT2D eigenvalue weighted by atomic mass is 10.1. The molecule has 5 nitrogen and oxygen atoms in total. The van der Waals surface area contributed by atoms with Crippen LogP contribution in [0.3, 0.4) is 0 Å². The Hall–Kier alpha value is -2.57. The normalized spacial score (nSPS) is 15.1. The standard InChI is InChI=1S/C20H19N3O2S/c1-13(18-21-16-9-5-6-10-17(16)26-18)22(2)11-12-23-19(24)14-7-3-4-8-15(14)20(23)25/h3-10,13H,11-12H2,1-2H3/t13-/m0/s1. The molecule has 2 heterocycles. The Morgan fingerprint density at radius 1 is 1.04 bits per heavy atom. The van der Waals surface area contributed by atoms with E-state index in [1.807, 2.05) is 25.2 Å². The molecule has 0 saturated heterocycles. The van der Waals surface area contributed by atoms with Crippen LogP contribution in [0.25, 0.3) is 10.2 Å². The van der Waals surface area contributed by atoms with Crippen molar-refractivity contribution < 1.29 is 9.59 Å². The highest BCUT2D eigenvalue weighted by Gasteiger charge is 2.35. The molecule has 0 radical (unpaired) electrons. The van der Waals surface area contributed by atoms with Gasteiger partial charge >= 0.3 is 0 Å². The van der Waals surface area contributed by atoms with Crippen LogP contribution in [-0.4, -0.2) is 46.7 Å². The Morgan fingerprint density at radius 3 is 2.31 bits per heavy atom. The summed E-state index contributed by atoms with van der Waals surface area (Å²) in [6, 6.07) is 15.2. The zero-order chi connectivity index (χ0) is 18.3. The number of likely N-dealkylation sites (N-methyl/N-ethyl adjacent to an activating group) is 1. The highest BCUT2D eigenvalue weighted by Crippen LogP contribution is 2.29. The summed E-state index contributed by atoms with van der Waals surface area (Å²) in [4.78, 5) is 33.1. The van der Waals surface area contributed by atoms with E-state index in [9.17, 15) is 9.59 Å². The highest BCUT2D eigenvalue weighted by molar-refractivity contribution is 7.18. The molecule has 0 aliphatic carbocycles. The number of aromatic nitrogens is 1. The van der Waals surface area contributed by atoms with Crippen LogP contribution in [-0.2, 0) is 0 Å². The van der Waals surface area contributed by atoms with E-state index in [1.165, 1.54) is 9.60 Å². The van der Waals surface area contributed by atoms with E-state index >= 15 is 0 Å². The molecule has 1 aliphatic heterocycles. The minimum atomic E-state index is -0.202. The van der Waals surface area contributed by atoms with Crippen LogP contribution in [0.15, 0.2) is 48.5 Å². The Balaban J connectivity index is 1.45. The van der Waals surface area contributed by atoms with E-state index in [0.29, 0.717) is 24.2 Å². The first-order valence-corrected chi connectivity index (χ1v) is 9.39. The second-order valence-corrected chi connectivity index (χ2v) is 7.55. The van der Waals surface area contributed by atoms with E-state index in [-0.39, 0.29) is 17.9 Å². The summed E-state index contributed by atoms with van der Waals surface area (Å²) in [6.07, 6.45) is 0. The monoisotopic (exact) mass is 365 g/mol. The summed E-state index contributed by atoms with van der Waals surface area (Å²) < 4.78 is 1.17. The maximum atomic E-state index is 12.5. The molecule has 6 heteroatoms. The number of imide groups is 1. The molecule has 4 rings (SSSR count). The molecule has 26 heavy (non-hydrogen) atoms. The molecule has 1 aromatic heterocycles. The Kier molecular flexibility index (Phi) is 4.30. The van der Waals surface area contributed by atoms with E-state index in [0.717, 1.165) is 10.5 Å². The number of carbonyl (C=O) groups excluding carboxylic acids is 2. The number of para-hydroxylation sites is 1. The minimum absolute atomic E-state index is 0.114. The van der Waals surface area contributed by atoms with Crippen molar-refractivity contribution >= 4 is 33.4 Å². The summed E-state index contributed by atoms with van der Waals surface area (Å²) in [5.41, 5.74) is 2.01. The van der Waals surface area contributed by atoms with Crippen LogP contribution in [0.2, 0.25) is 0 Å². The maximum Gasteiger partial charge on any atom is 0.261 e. The van der Waals surface area contributed by atoms with Gasteiger partial charge in [0.25, 0.3) is 11.8 Å². The van der Waals surface area contributed by atoms with Crippen molar-refractivity contribution in [2.24, 2.45) is 0 Å². The van der Waals surface area contributed by atoms with Crippen molar-refractivity contribution in [2.45, 2.75) is 13.0 Å². The lowest BCUT2D eigenvalue weighted by molar-refractivity contribution is 0.0634. The zero-order valence-electron chi connectivity index (χ0n) is 14.7. The van der Waals surface area contributed by atoms with Gasteiger partial charge in [0, 0.05) is 13.1 Å². The van der Waals surface area contributed by atoms with E-state index < -0.39 is 0 Å². The molecule has 0 spiro atoms. The van der Waals surface area contributed by atoms with Gasteiger partial charge in [0.1, 0.15) is 5.01 Å². The first-order valence-electron chi connectivity index (χ1n) is 8.57. The van der Waals surface area contributed by atoms with Gasteiger partial charge in [0.15, 0.2) is 0 Å². The van der Waals surface area contributed by atoms with Crippen LogP contribution in [0.5, 0.6) is 0 Å². The zero-order valence-corrected chi connectivity index (χ0v) is 15.5. The maximum absolute atomic E-state index is 12.5. The van der Waals surface area contributed by atoms with Gasteiger partial charge in [-0.05, 0) is 38.2 Å². The van der Waals surface area contributed by atoms with Gasteiger partial charge in [-0.15, -0.1) is 11.3 Å². The van der Waals surface area contributed by atoms with Gasteiger partial charge in [-0.3, -0.25) is 19.4 Å². The summed E-state index contributed by atoms with van der Waals surface area (Å²) in [5, 5.41) is 1.04. The van der Waals surface area contributed by atoms with Gasteiger partial charge in [0.05, 0.1) is 27.4 Å². The topological polar surface area (TPSA) is 53.5 Å². The fourth-order valence-corrected chi connectivity index (χ4v) is 4.24. The van der Waals surface area contributed by atoms with Gasteiger partial charge in [-0.1, -0.05) is 24.3 Å². The van der Waals surface area contributed by atoms with Crippen LogP contribution in [0.4, 0.5) is 0 Å². The molecule has 132 valence electrons. The van der Waals surface area contributed by atoms with Crippen molar-refractivity contribution in [3.05, 3.63) is 64.7 Å². The van der Waals surface area contributed by atoms with Gasteiger partial charge in [-0.25, -0.2) is 4.98 Å². The number of hydrogen-bond acceptors (Lipinski definition) is 5. The number of thiazole rings is 1. The second kappa shape index (κ2) is 6.63. The number of fused-ring (bicyclic) bond motifs is 2. The summed E-state index contributed by atoms with van der Waals surface area (Å²) in [6.45, 7) is 3.07. The molecular formula is C20H19N3O2S. The highest BCUT2D eigenvalue weighted by atomic mass is 32.1. The SMILES string of the molecule is C[C@@H](c1nc2ccccc2s1)N(C)CCN1C(=O)c2ccccc2C1=O. The molecule has 0 unspecified atom stereocenters. The fourth-order valence-electron chi connectivity index (χ4n) is 3.15. The average molecular weight is 365 g/mol. The van der Waals surface area contributed by atoms with Gasteiger partial charge in [-0.2, -0.15) is 0 Å². The Labute approximate surface area is 155 Å². The van der Waals surface area contributed by atoms with Gasteiger partial charge < -0.3 is 0 Å². The summed E-state index contributed by atoms with van der Waals surface area (Å²) in [5.74, 6) is -0.404. The minimum Gasteiger partial charge on any atom is -0.296 e. The molecule has 1 atom stereocenters. The Morgan fingerprint density at radius 2 is 1.65 bits per heavy atom. The smallest absolute Gasteiger partial charge is 0.261 e. The molecule has 0 saturated carbocycles. The number of rotatable bonds is 5. The first kappa shape index (κ1) is 16.9. The Bertz CT molecular complexity index is 929. The van der Waals surface area contributed by atoms with Crippen LogP contribution in [0.1, 0.15) is 38.7 Å². The molecule has 2 aromatic carbocycles. The average Bonchev–Trinajstić information content (AvgIpc) is 3.20. The number of nitrogens with zero attached hydrogens (tertiary/aromatic N) is 3. The summed E-state index contributed by atoms with van der Waals surface area (Å²) in [7, 11) is 1.99. The third-order valence-electron chi connectivity index (χ3n) is 4.88. The molecule has 3 aromatic rings. The van der Waals surface area contributed by atoms with E-state index in [2.05, 4.69) is 17.9 Å². The van der Waals surface area contributed by atoms with Crippen molar-refractivity contribution in [3.8, 4) is 0 Å². The lowest BCUT2D eigenvalue weighted by Crippen LogP contribution is -2.37. The second-order valence-electron chi connectivity index (χ2n) is 6.48. The van der Waals surface area contributed by atoms with Crippen molar-refractivity contribution in [3.63, 3.8) is 0 Å². The summed E-state index contributed by atoms with van der Waals surface area (Å²) >= 11 is 1.68. The van der Waals surface area contributed by atoms with Crippen molar-refractivity contribution in [2.75, 3.05) is 20.1 Å². The third kappa shape index (κ3) is 2.81. The number of carbonyl (C=O) groups is 2. The van der Waals surface area contributed by atoms with Crippen LogP contribution >= 0.6 is 11.3 Å². The van der Waals surface area contributed by atoms with Crippen molar-refractivity contribution in [1.29, 1.82) is 0 Å². The largest absolute Gasteiger partial charge is 0.296 e. The number of amides is 2. The third-order valence-corrected chi connectivity index (χ3v) is 6.09. The van der Waals surface area contributed by atoms with Gasteiger partial charge in [0.2, 0.25) is 0 Å². The van der Waals surface area contributed by atoms with Crippen molar-refractivity contribution in [1.82, 2.24) is 14.8 Å².